The fourth-order valence-corrected chi connectivity index (χ4v) is 1.38. The molecule has 0 radical (unpaired) electrons. The fourth-order valence-electron chi connectivity index (χ4n) is 1.38. The summed E-state index contributed by atoms with van der Waals surface area (Å²) in [6.45, 7) is 7.99. The van der Waals surface area contributed by atoms with Crippen LogP contribution in [0.5, 0.6) is 0 Å². The molecule has 0 spiro atoms. The topological polar surface area (TPSA) is 91.2 Å². The van der Waals surface area contributed by atoms with Gasteiger partial charge >= 0.3 is 6.09 Å². The lowest BCUT2D eigenvalue weighted by Crippen LogP contribution is -2.47. The van der Waals surface area contributed by atoms with Crippen LogP contribution in [-0.2, 0) is 9.53 Å². The van der Waals surface area contributed by atoms with Crippen molar-refractivity contribution in [1.29, 1.82) is 5.26 Å². The van der Waals surface area contributed by atoms with E-state index in [-0.39, 0.29) is 24.3 Å². The van der Waals surface area contributed by atoms with Crippen molar-refractivity contribution in [2.75, 3.05) is 13.2 Å². The minimum absolute atomic E-state index is 0.0733. The van der Waals surface area contributed by atoms with Crippen LogP contribution in [0.4, 0.5) is 4.79 Å². The summed E-state index contributed by atoms with van der Waals surface area (Å²) >= 11 is 0. The average molecular weight is 269 g/mol. The maximum Gasteiger partial charge on any atom is 0.407 e. The van der Waals surface area contributed by atoms with Gasteiger partial charge in [0.05, 0.1) is 12.7 Å². The molecule has 6 heteroatoms. The van der Waals surface area contributed by atoms with Gasteiger partial charge in [0.1, 0.15) is 12.6 Å². The molecule has 0 bridgehead atoms. The van der Waals surface area contributed by atoms with Crippen LogP contribution in [-0.4, -0.2) is 31.2 Å². The lowest BCUT2D eigenvalue weighted by molar-refractivity contribution is -0.123. The molecule has 108 valence electrons. The van der Waals surface area contributed by atoms with Crippen molar-refractivity contribution in [3.63, 3.8) is 0 Å². The third-order valence-corrected chi connectivity index (χ3v) is 2.21. The summed E-state index contributed by atoms with van der Waals surface area (Å²) in [4.78, 5) is 23.3. The first-order chi connectivity index (χ1) is 8.86. The number of hydrogen-bond donors (Lipinski definition) is 2. The van der Waals surface area contributed by atoms with Crippen molar-refractivity contribution in [3.05, 3.63) is 0 Å². The second kappa shape index (κ2) is 9.20. The minimum Gasteiger partial charge on any atom is -0.449 e. The van der Waals surface area contributed by atoms with Gasteiger partial charge in [-0.05, 0) is 18.3 Å². The van der Waals surface area contributed by atoms with Crippen molar-refractivity contribution in [2.45, 2.75) is 40.2 Å². The molecule has 0 rings (SSSR count). The number of amides is 2. The van der Waals surface area contributed by atoms with Gasteiger partial charge in [0.2, 0.25) is 5.91 Å². The van der Waals surface area contributed by atoms with Crippen molar-refractivity contribution in [3.8, 4) is 6.07 Å². The van der Waals surface area contributed by atoms with E-state index >= 15 is 0 Å². The van der Waals surface area contributed by atoms with E-state index in [0.29, 0.717) is 13.0 Å². The molecule has 19 heavy (non-hydrogen) atoms. The molecule has 0 unspecified atom stereocenters. The van der Waals surface area contributed by atoms with Gasteiger partial charge in [-0.2, -0.15) is 5.26 Å². The molecule has 0 fully saturated rings. The van der Waals surface area contributed by atoms with E-state index in [4.69, 9.17) is 10.00 Å². The molecule has 0 saturated heterocycles. The van der Waals surface area contributed by atoms with E-state index < -0.39 is 12.1 Å². The number of rotatable bonds is 7. The highest BCUT2D eigenvalue weighted by Crippen LogP contribution is 2.05. The number of carbonyl (C=O) groups excluding carboxylic acids is 2. The quantitative estimate of drug-likeness (QED) is 0.684. The Kier molecular flexibility index (Phi) is 8.34. The second-order valence-electron chi connectivity index (χ2n) is 5.19. The van der Waals surface area contributed by atoms with Gasteiger partial charge < -0.3 is 15.4 Å². The van der Waals surface area contributed by atoms with E-state index in [0.717, 1.165) is 0 Å². The smallest absolute Gasteiger partial charge is 0.407 e. The number of carbonyl (C=O) groups is 2. The van der Waals surface area contributed by atoms with E-state index in [1.807, 2.05) is 33.8 Å². The van der Waals surface area contributed by atoms with Gasteiger partial charge in [0, 0.05) is 0 Å². The predicted molar refractivity (Wildman–Crippen MR) is 71.2 cm³/mol. The number of nitrogens with zero attached hydrogens (tertiary/aromatic N) is 1. The van der Waals surface area contributed by atoms with Crippen LogP contribution in [0.3, 0.4) is 0 Å². The van der Waals surface area contributed by atoms with Crippen LogP contribution in [0.25, 0.3) is 0 Å². The van der Waals surface area contributed by atoms with Crippen molar-refractivity contribution >= 4 is 12.0 Å². The zero-order chi connectivity index (χ0) is 14.8. The van der Waals surface area contributed by atoms with Crippen molar-refractivity contribution in [2.24, 2.45) is 11.8 Å². The minimum atomic E-state index is -0.673. The Morgan fingerprint density at radius 3 is 2.32 bits per heavy atom. The highest BCUT2D eigenvalue weighted by atomic mass is 16.5. The first-order valence-corrected chi connectivity index (χ1v) is 6.44. The summed E-state index contributed by atoms with van der Waals surface area (Å²) in [5.41, 5.74) is 0. The Morgan fingerprint density at radius 1 is 1.21 bits per heavy atom. The summed E-state index contributed by atoms with van der Waals surface area (Å²) in [7, 11) is 0. The Hall–Kier alpha value is -1.77. The molecule has 0 aliphatic rings. The molecule has 0 aromatic carbocycles. The Balaban J connectivity index is 4.38. The Morgan fingerprint density at radius 2 is 1.84 bits per heavy atom. The largest absolute Gasteiger partial charge is 0.449 e. The lowest BCUT2D eigenvalue weighted by Gasteiger charge is -2.19. The van der Waals surface area contributed by atoms with Gasteiger partial charge in [-0.1, -0.05) is 27.7 Å². The molecule has 0 aliphatic carbocycles. The van der Waals surface area contributed by atoms with Crippen LogP contribution in [0.1, 0.15) is 34.1 Å². The van der Waals surface area contributed by atoms with Crippen molar-refractivity contribution in [1.82, 2.24) is 10.6 Å². The maximum absolute atomic E-state index is 11.8. The van der Waals surface area contributed by atoms with Crippen molar-refractivity contribution < 1.29 is 14.3 Å². The number of ether oxygens (including phenoxy) is 1. The summed E-state index contributed by atoms with van der Waals surface area (Å²) in [6, 6.07) is 1.15. The molecule has 0 aliphatic heterocycles. The molecule has 2 amide bonds. The highest BCUT2D eigenvalue weighted by Gasteiger charge is 2.22. The number of nitrogens with one attached hydrogen (secondary N) is 2. The standard InChI is InChI=1S/C13H23N3O3/c1-9(2)7-11(12(17)15-6-5-14)16-13(18)19-8-10(3)4/h9-11H,6-8H2,1-4H3,(H,15,17)(H,16,18)/t11-/m0/s1. The van der Waals surface area contributed by atoms with Gasteiger partial charge in [0.15, 0.2) is 0 Å². The lowest BCUT2D eigenvalue weighted by atomic mass is 10.0. The average Bonchev–Trinajstić information content (AvgIpc) is 2.32. The molecule has 0 aromatic rings. The number of hydrogen-bond acceptors (Lipinski definition) is 4. The highest BCUT2D eigenvalue weighted by molar-refractivity contribution is 5.85. The molecular formula is C13H23N3O3. The SMILES string of the molecule is CC(C)COC(=O)N[C@@H](CC(C)C)C(=O)NCC#N. The van der Waals surface area contributed by atoms with Crippen LogP contribution in [0, 0.1) is 23.2 Å². The third-order valence-electron chi connectivity index (χ3n) is 2.21. The first kappa shape index (κ1) is 17.2. The van der Waals surface area contributed by atoms with E-state index in [9.17, 15) is 9.59 Å². The first-order valence-electron chi connectivity index (χ1n) is 6.44. The molecule has 0 aromatic heterocycles. The summed E-state index contributed by atoms with van der Waals surface area (Å²) in [5.74, 6) is 0.113. The van der Waals surface area contributed by atoms with Gasteiger partial charge in [-0.3, -0.25) is 4.79 Å². The Bertz CT molecular complexity index is 335. The van der Waals surface area contributed by atoms with Crippen LogP contribution >= 0.6 is 0 Å². The molecule has 6 nitrogen and oxygen atoms in total. The monoisotopic (exact) mass is 269 g/mol. The van der Waals surface area contributed by atoms with Crippen LogP contribution in [0.2, 0.25) is 0 Å². The van der Waals surface area contributed by atoms with Crippen LogP contribution < -0.4 is 10.6 Å². The van der Waals surface area contributed by atoms with E-state index in [1.54, 1.807) is 0 Å². The Labute approximate surface area is 114 Å². The zero-order valence-corrected chi connectivity index (χ0v) is 12.0. The zero-order valence-electron chi connectivity index (χ0n) is 12.0. The summed E-state index contributed by atoms with van der Waals surface area (Å²) < 4.78 is 4.98. The normalized spacial score (nSPS) is 11.8. The molecule has 0 heterocycles. The maximum atomic E-state index is 11.8. The summed E-state index contributed by atoms with van der Waals surface area (Å²) in [5, 5.41) is 13.4. The number of nitriles is 1. The van der Waals surface area contributed by atoms with Gasteiger partial charge in [0.25, 0.3) is 0 Å². The molecule has 0 saturated carbocycles. The predicted octanol–water partition coefficient (Wildman–Crippen LogP) is 1.42. The molecule has 1 atom stereocenters. The number of alkyl carbamates (subject to hydrolysis) is 1. The van der Waals surface area contributed by atoms with E-state index in [2.05, 4.69) is 10.6 Å². The van der Waals surface area contributed by atoms with Gasteiger partial charge in [-0.25, -0.2) is 4.79 Å². The third kappa shape index (κ3) is 8.89. The molecule has 2 N–H and O–H groups in total. The van der Waals surface area contributed by atoms with Gasteiger partial charge in [-0.15, -0.1) is 0 Å². The molecular weight excluding hydrogens is 246 g/mol. The summed E-state index contributed by atoms with van der Waals surface area (Å²) in [6.07, 6.45) is -0.111. The van der Waals surface area contributed by atoms with E-state index in [1.165, 1.54) is 0 Å². The van der Waals surface area contributed by atoms with Crippen LogP contribution in [0.15, 0.2) is 0 Å². The fraction of sp³-hybridized carbons (Fsp3) is 0.769. The second-order valence-corrected chi connectivity index (χ2v) is 5.19.